The molecule has 5 nitrogen and oxygen atoms in total. The van der Waals surface area contributed by atoms with Crippen LogP contribution in [0.4, 0.5) is 0 Å². The van der Waals surface area contributed by atoms with Crippen molar-refractivity contribution in [1.82, 2.24) is 10.3 Å². The Labute approximate surface area is 130 Å². The largest absolute Gasteiger partial charge is 0.477 e. The molecule has 0 aliphatic rings. The monoisotopic (exact) mass is 324 g/mol. The zero-order valence-corrected chi connectivity index (χ0v) is 13.5. The molecule has 2 aromatic rings. The minimum Gasteiger partial charge on any atom is -0.477 e. The van der Waals surface area contributed by atoms with Gasteiger partial charge in [-0.1, -0.05) is 13.8 Å². The summed E-state index contributed by atoms with van der Waals surface area (Å²) in [5, 5.41) is 14.7. The molecule has 0 radical (unpaired) electrons. The molecule has 1 atom stereocenters. The van der Waals surface area contributed by atoms with E-state index in [1.54, 1.807) is 11.3 Å². The highest BCUT2D eigenvalue weighted by molar-refractivity contribution is 7.15. The van der Waals surface area contributed by atoms with Crippen molar-refractivity contribution in [2.24, 2.45) is 0 Å². The normalized spacial score (nSPS) is 12.4. The first-order valence-electron chi connectivity index (χ1n) is 6.47. The lowest BCUT2D eigenvalue weighted by atomic mass is 10.2. The highest BCUT2D eigenvalue weighted by Crippen LogP contribution is 2.23. The van der Waals surface area contributed by atoms with Gasteiger partial charge in [0, 0.05) is 11.3 Å². The van der Waals surface area contributed by atoms with Crippen LogP contribution in [0.1, 0.15) is 62.8 Å². The minimum atomic E-state index is -1.02. The number of nitrogens with zero attached hydrogens (tertiary/aromatic N) is 1. The number of rotatable bonds is 5. The second-order valence-corrected chi connectivity index (χ2v) is 6.90. The summed E-state index contributed by atoms with van der Waals surface area (Å²) >= 11 is 2.55. The highest BCUT2D eigenvalue weighted by atomic mass is 32.1. The van der Waals surface area contributed by atoms with Crippen LogP contribution in [0.5, 0.6) is 0 Å². The molecule has 0 spiro atoms. The lowest BCUT2D eigenvalue weighted by molar-refractivity contribution is 0.0702. The van der Waals surface area contributed by atoms with E-state index in [9.17, 15) is 9.59 Å². The number of hydrogen-bond acceptors (Lipinski definition) is 5. The van der Waals surface area contributed by atoms with Gasteiger partial charge in [0.1, 0.15) is 4.88 Å². The number of thiophene rings is 1. The van der Waals surface area contributed by atoms with Crippen LogP contribution in [-0.4, -0.2) is 22.0 Å². The minimum absolute atomic E-state index is 0.156. The van der Waals surface area contributed by atoms with Crippen molar-refractivity contribution >= 4 is 34.6 Å². The molecule has 7 heteroatoms. The molecular formula is C14H16N2O3S2. The average Bonchev–Trinajstić information content (AvgIpc) is 3.08. The third-order valence-electron chi connectivity index (χ3n) is 2.87. The van der Waals surface area contributed by atoms with Gasteiger partial charge in [-0.3, -0.25) is 4.79 Å². The number of carboxylic acids is 1. The predicted octanol–water partition coefficient (Wildman–Crippen LogP) is 3.52. The van der Waals surface area contributed by atoms with Crippen LogP contribution in [0.2, 0.25) is 0 Å². The molecule has 2 N–H and O–H groups in total. The molecule has 0 aromatic carbocycles. The van der Waals surface area contributed by atoms with E-state index in [1.165, 1.54) is 12.1 Å². The van der Waals surface area contributed by atoms with Gasteiger partial charge in [-0.05, 0) is 19.1 Å². The number of amides is 1. The summed E-state index contributed by atoms with van der Waals surface area (Å²) in [6.45, 7) is 6.01. The summed E-state index contributed by atoms with van der Waals surface area (Å²) < 4.78 is 0. The fraction of sp³-hybridized carbons (Fsp3) is 0.357. The van der Waals surface area contributed by atoms with Gasteiger partial charge in [0.2, 0.25) is 0 Å². The van der Waals surface area contributed by atoms with Crippen molar-refractivity contribution in [2.45, 2.75) is 32.7 Å². The van der Waals surface area contributed by atoms with E-state index < -0.39 is 5.97 Å². The van der Waals surface area contributed by atoms with Crippen molar-refractivity contribution in [2.75, 3.05) is 0 Å². The molecule has 21 heavy (non-hydrogen) atoms. The molecule has 2 heterocycles. The molecule has 0 saturated carbocycles. The second-order valence-electron chi connectivity index (χ2n) is 4.93. The van der Waals surface area contributed by atoms with Crippen LogP contribution >= 0.6 is 22.7 Å². The Morgan fingerprint density at radius 3 is 2.43 bits per heavy atom. The summed E-state index contributed by atoms with van der Waals surface area (Å²) in [7, 11) is 0. The summed E-state index contributed by atoms with van der Waals surface area (Å²) in [6.07, 6.45) is 0. The maximum atomic E-state index is 12.1. The fourth-order valence-corrected chi connectivity index (χ4v) is 3.36. The van der Waals surface area contributed by atoms with Crippen molar-refractivity contribution < 1.29 is 14.7 Å². The quantitative estimate of drug-likeness (QED) is 0.882. The third kappa shape index (κ3) is 3.68. The number of carbonyl (C=O) groups excluding carboxylic acids is 1. The lowest BCUT2D eigenvalue weighted by Crippen LogP contribution is -2.26. The van der Waals surface area contributed by atoms with E-state index in [2.05, 4.69) is 24.1 Å². The Morgan fingerprint density at radius 1 is 1.24 bits per heavy atom. The molecule has 0 saturated heterocycles. The fourth-order valence-electron chi connectivity index (χ4n) is 1.68. The zero-order valence-electron chi connectivity index (χ0n) is 11.9. The third-order valence-corrected chi connectivity index (χ3v) is 5.10. The smallest absolute Gasteiger partial charge is 0.345 e. The van der Waals surface area contributed by atoms with Crippen LogP contribution in [0.3, 0.4) is 0 Å². The number of carbonyl (C=O) groups is 2. The molecule has 2 rings (SSSR count). The van der Waals surface area contributed by atoms with Gasteiger partial charge in [-0.25, -0.2) is 9.78 Å². The van der Waals surface area contributed by atoms with Crippen LogP contribution < -0.4 is 5.32 Å². The van der Waals surface area contributed by atoms with Gasteiger partial charge in [0.15, 0.2) is 0 Å². The van der Waals surface area contributed by atoms with E-state index in [0.717, 1.165) is 22.0 Å². The molecule has 2 aromatic heterocycles. The summed E-state index contributed by atoms with van der Waals surface area (Å²) in [5.41, 5.74) is 0.826. The summed E-state index contributed by atoms with van der Waals surface area (Å²) in [4.78, 5) is 28.0. The lowest BCUT2D eigenvalue weighted by Gasteiger charge is -2.10. The Bertz CT molecular complexity index is 661. The van der Waals surface area contributed by atoms with Crippen molar-refractivity contribution in [3.05, 3.63) is 38.0 Å². The van der Waals surface area contributed by atoms with Gasteiger partial charge in [0.25, 0.3) is 5.91 Å². The van der Waals surface area contributed by atoms with Gasteiger partial charge >= 0.3 is 5.97 Å². The molecule has 0 bridgehead atoms. The topological polar surface area (TPSA) is 79.3 Å². The van der Waals surface area contributed by atoms with Gasteiger partial charge in [-0.2, -0.15) is 0 Å². The number of nitrogens with one attached hydrogen (secondary N) is 1. The number of aromatic nitrogens is 1. The summed E-state index contributed by atoms with van der Waals surface area (Å²) in [6, 6.07) is 2.75. The van der Waals surface area contributed by atoms with E-state index in [1.807, 2.05) is 12.3 Å². The van der Waals surface area contributed by atoms with E-state index in [4.69, 9.17) is 5.11 Å². The van der Waals surface area contributed by atoms with Crippen LogP contribution in [0.15, 0.2) is 17.5 Å². The standard InChI is InChI=1S/C14H16N2O3S2/c1-7(2)13-16-9(6-20-13)8(3)15-12(17)10-4-5-11(21-10)14(18)19/h4-8H,1-3H3,(H,15,17)(H,18,19)/t8-/m1/s1. The molecule has 0 aliphatic heterocycles. The van der Waals surface area contributed by atoms with Gasteiger partial charge in [0.05, 0.1) is 21.6 Å². The first kappa shape index (κ1) is 15.7. The predicted molar refractivity (Wildman–Crippen MR) is 83.4 cm³/mol. The number of hydrogen-bond donors (Lipinski definition) is 2. The first-order valence-corrected chi connectivity index (χ1v) is 8.17. The van der Waals surface area contributed by atoms with E-state index in [-0.39, 0.29) is 16.8 Å². The van der Waals surface area contributed by atoms with E-state index in [0.29, 0.717) is 10.8 Å². The molecule has 0 aliphatic carbocycles. The Kier molecular flexibility index (Phi) is 4.74. The number of carboxylic acid groups (broad SMARTS) is 1. The Balaban J connectivity index is 2.05. The molecule has 1 amide bonds. The second kappa shape index (κ2) is 6.36. The molecule has 112 valence electrons. The van der Waals surface area contributed by atoms with Crippen molar-refractivity contribution in [3.63, 3.8) is 0 Å². The zero-order chi connectivity index (χ0) is 15.6. The van der Waals surface area contributed by atoms with E-state index >= 15 is 0 Å². The summed E-state index contributed by atoms with van der Waals surface area (Å²) in [5.74, 6) is -0.936. The Hall–Kier alpha value is -1.73. The van der Waals surface area contributed by atoms with Gasteiger partial charge in [-0.15, -0.1) is 22.7 Å². The molecular weight excluding hydrogens is 308 g/mol. The van der Waals surface area contributed by atoms with Crippen molar-refractivity contribution in [3.8, 4) is 0 Å². The number of thiazole rings is 1. The average molecular weight is 324 g/mol. The molecule has 0 fully saturated rings. The first-order chi connectivity index (χ1) is 9.88. The van der Waals surface area contributed by atoms with Crippen LogP contribution in [-0.2, 0) is 0 Å². The van der Waals surface area contributed by atoms with Gasteiger partial charge < -0.3 is 10.4 Å². The molecule has 0 unspecified atom stereocenters. The maximum absolute atomic E-state index is 12.1. The van der Waals surface area contributed by atoms with Crippen LogP contribution in [0, 0.1) is 0 Å². The SMILES string of the molecule is CC(C)c1nc([C@@H](C)NC(=O)c2ccc(C(=O)O)s2)cs1. The Morgan fingerprint density at radius 2 is 1.90 bits per heavy atom. The maximum Gasteiger partial charge on any atom is 0.345 e. The number of aromatic carboxylic acids is 1. The van der Waals surface area contributed by atoms with Crippen molar-refractivity contribution in [1.29, 1.82) is 0 Å². The highest BCUT2D eigenvalue weighted by Gasteiger charge is 2.17. The van der Waals surface area contributed by atoms with Crippen LogP contribution in [0.25, 0.3) is 0 Å².